The quantitative estimate of drug-likeness (QED) is 0.682. The Hall–Kier alpha value is -1.15. The molecule has 7 nitrogen and oxygen atoms in total. The third-order valence-corrected chi connectivity index (χ3v) is 5.53. The summed E-state index contributed by atoms with van der Waals surface area (Å²) in [6.07, 6.45) is 1.02. The van der Waals surface area contributed by atoms with Crippen molar-refractivity contribution in [2.24, 2.45) is 0 Å². The average Bonchev–Trinajstić information content (AvgIpc) is 2.36. The number of carbonyl (C=O) groups excluding carboxylic acids is 2. The van der Waals surface area contributed by atoms with E-state index < -0.39 is 32.5 Å². The van der Waals surface area contributed by atoms with Crippen LogP contribution in [0, 0.1) is 0 Å². The first-order chi connectivity index (χ1) is 9.13. The van der Waals surface area contributed by atoms with Crippen LogP contribution in [-0.2, 0) is 24.2 Å². The molecular weight excluding hydrogens is 284 g/mol. The van der Waals surface area contributed by atoms with Gasteiger partial charge in [-0.1, -0.05) is 0 Å². The highest BCUT2D eigenvalue weighted by Gasteiger charge is 2.45. The second-order valence-electron chi connectivity index (χ2n) is 5.25. The normalized spacial score (nSPS) is 20.6. The van der Waals surface area contributed by atoms with E-state index in [-0.39, 0.29) is 19.7 Å². The highest BCUT2D eigenvalue weighted by atomic mass is 32.2. The molecule has 1 unspecified atom stereocenters. The van der Waals surface area contributed by atoms with Crippen LogP contribution in [-0.4, -0.2) is 68.5 Å². The Bertz CT molecular complexity index is 486. The van der Waals surface area contributed by atoms with Gasteiger partial charge in [0.1, 0.15) is 10.8 Å². The van der Waals surface area contributed by atoms with Crippen LogP contribution in [0.2, 0.25) is 0 Å². The molecule has 0 aliphatic carbocycles. The van der Waals surface area contributed by atoms with Gasteiger partial charge < -0.3 is 15.0 Å². The number of nitrogens with one attached hydrogen (secondary N) is 1. The molecule has 0 radical (unpaired) electrons. The number of rotatable bonds is 4. The highest BCUT2D eigenvalue weighted by Crippen LogP contribution is 2.21. The van der Waals surface area contributed by atoms with Crippen LogP contribution >= 0.6 is 0 Å². The standard InChI is InChI=1S/C12H22N2O5S/c1-5-19-10(15)9-8-13-6-7-14(9)11(16)12(2,3)20(4,17)18/h9,13H,5-8H2,1-4H3. The molecule has 1 atom stereocenters. The van der Waals surface area contributed by atoms with Crippen LogP contribution in [0.4, 0.5) is 0 Å². The number of piperazine rings is 1. The minimum atomic E-state index is -3.58. The van der Waals surface area contributed by atoms with Crippen LogP contribution < -0.4 is 5.32 Å². The predicted molar refractivity (Wildman–Crippen MR) is 73.9 cm³/mol. The summed E-state index contributed by atoms with van der Waals surface area (Å²) in [5.41, 5.74) is 0. The maximum atomic E-state index is 12.5. The fourth-order valence-electron chi connectivity index (χ4n) is 1.90. The van der Waals surface area contributed by atoms with E-state index in [4.69, 9.17) is 4.74 Å². The fourth-order valence-corrected chi connectivity index (χ4v) is 2.34. The number of carbonyl (C=O) groups is 2. The molecule has 0 aromatic rings. The summed E-state index contributed by atoms with van der Waals surface area (Å²) in [6.45, 7) is 5.67. The average molecular weight is 306 g/mol. The van der Waals surface area contributed by atoms with E-state index in [1.165, 1.54) is 18.7 Å². The third-order valence-electron chi connectivity index (χ3n) is 3.50. The second-order valence-corrected chi connectivity index (χ2v) is 7.82. The van der Waals surface area contributed by atoms with Crippen molar-refractivity contribution in [1.29, 1.82) is 0 Å². The Morgan fingerprint density at radius 2 is 2.00 bits per heavy atom. The number of hydrogen-bond acceptors (Lipinski definition) is 6. The maximum Gasteiger partial charge on any atom is 0.330 e. The van der Waals surface area contributed by atoms with Gasteiger partial charge in [-0.25, -0.2) is 13.2 Å². The smallest absolute Gasteiger partial charge is 0.330 e. The lowest BCUT2D eigenvalue weighted by atomic mass is 10.1. The van der Waals surface area contributed by atoms with Gasteiger partial charge in [0, 0.05) is 25.9 Å². The molecular formula is C12H22N2O5S. The van der Waals surface area contributed by atoms with E-state index in [9.17, 15) is 18.0 Å². The van der Waals surface area contributed by atoms with Crippen molar-refractivity contribution in [3.63, 3.8) is 0 Å². The zero-order valence-corrected chi connectivity index (χ0v) is 13.1. The summed E-state index contributed by atoms with van der Waals surface area (Å²) in [5.74, 6) is -1.09. The van der Waals surface area contributed by atoms with Crippen LogP contribution in [0.1, 0.15) is 20.8 Å². The summed E-state index contributed by atoms with van der Waals surface area (Å²) in [6, 6.07) is -0.780. The van der Waals surface area contributed by atoms with Gasteiger partial charge in [0.25, 0.3) is 0 Å². The van der Waals surface area contributed by atoms with Gasteiger partial charge in [-0.05, 0) is 20.8 Å². The molecule has 1 aliphatic heterocycles. The zero-order valence-electron chi connectivity index (χ0n) is 12.3. The van der Waals surface area contributed by atoms with Gasteiger partial charge in [-0.15, -0.1) is 0 Å². The summed E-state index contributed by atoms with van der Waals surface area (Å²) in [7, 11) is -3.58. The van der Waals surface area contributed by atoms with E-state index >= 15 is 0 Å². The number of esters is 1. The number of nitrogens with zero attached hydrogens (tertiary/aromatic N) is 1. The Morgan fingerprint density at radius 3 is 2.50 bits per heavy atom. The number of sulfone groups is 1. The molecule has 0 bridgehead atoms. The summed E-state index contributed by atoms with van der Waals surface area (Å²) in [4.78, 5) is 25.7. The monoisotopic (exact) mass is 306 g/mol. The first-order valence-corrected chi connectivity index (χ1v) is 8.40. The molecule has 1 N–H and O–H groups in total. The first-order valence-electron chi connectivity index (χ1n) is 6.51. The topological polar surface area (TPSA) is 92.8 Å². The van der Waals surface area contributed by atoms with E-state index in [0.29, 0.717) is 6.54 Å². The van der Waals surface area contributed by atoms with Crippen molar-refractivity contribution in [2.45, 2.75) is 31.6 Å². The molecule has 0 saturated carbocycles. The summed E-state index contributed by atoms with van der Waals surface area (Å²) < 4.78 is 26.9. The number of amides is 1. The van der Waals surface area contributed by atoms with E-state index in [0.717, 1.165) is 6.26 Å². The van der Waals surface area contributed by atoms with Gasteiger partial charge in [-0.3, -0.25) is 4.79 Å². The molecule has 0 spiro atoms. The Morgan fingerprint density at radius 1 is 1.40 bits per heavy atom. The summed E-state index contributed by atoms with van der Waals surface area (Å²) in [5, 5.41) is 3.01. The van der Waals surface area contributed by atoms with Crippen LogP contribution in [0.3, 0.4) is 0 Å². The minimum absolute atomic E-state index is 0.215. The highest BCUT2D eigenvalue weighted by molar-refractivity contribution is 7.92. The van der Waals surface area contributed by atoms with Gasteiger partial charge in [0.15, 0.2) is 9.84 Å². The third kappa shape index (κ3) is 3.29. The summed E-state index contributed by atoms with van der Waals surface area (Å²) >= 11 is 0. The van der Waals surface area contributed by atoms with E-state index in [1.54, 1.807) is 6.92 Å². The molecule has 1 saturated heterocycles. The SMILES string of the molecule is CCOC(=O)C1CNCCN1C(=O)C(C)(C)S(C)(=O)=O. The lowest BCUT2D eigenvalue weighted by molar-refractivity contribution is -0.156. The fraction of sp³-hybridized carbons (Fsp3) is 0.833. The van der Waals surface area contributed by atoms with Gasteiger partial charge in [0.05, 0.1) is 6.61 Å². The van der Waals surface area contributed by atoms with Gasteiger partial charge in [-0.2, -0.15) is 0 Å². The van der Waals surface area contributed by atoms with E-state index in [2.05, 4.69) is 5.32 Å². The van der Waals surface area contributed by atoms with Crippen molar-refractivity contribution >= 4 is 21.7 Å². The molecule has 1 fully saturated rings. The molecule has 1 heterocycles. The van der Waals surface area contributed by atoms with Crippen molar-refractivity contribution in [1.82, 2.24) is 10.2 Å². The second kappa shape index (κ2) is 6.09. The Labute approximate surface area is 119 Å². The van der Waals surface area contributed by atoms with E-state index in [1.807, 2.05) is 0 Å². The van der Waals surface area contributed by atoms with Crippen molar-refractivity contribution < 1.29 is 22.7 Å². The van der Waals surface area contributed by atoms with Gasteiger partial charge >= 0.3 is 5.97 Å². The van der Waals surface area contributed by atoms with Crippen LogP contribution in [0.25, 0.3) is 0 Å². The van der Waals surface area contributed by atoms with Crippen molar-refractivity contribution in [2.75, 3.05) is 32.5 Å². The van der Waals surface area contributed by atoms with Crippen molar-refractivity contribution in [3.05, 3.63) is 0 Å². The van der Waals surface area contributed by atoms with Crippen molar-refractivity contribution in [3.8, 4) is 0 Å². The molecule has 0 aromatic carbocycles. The Kier molecular flexibility index (Phi) is 5.15. The molecule has 8 heteroatoms. The van der Waals surface area contributed by atoms with Gasteiger partial charge in [0.2, 0.25) is 5.91 Å². The molecule has 1 aliphatic rings. The largest absolute Gasteiger partial charge is 0.464 e. The predicted octanol–water partition coefficient (Wildman–Crippen LogP) is -0.827. The molecule has 20 heavy (non-hydrogen) atoms. The molecule has 116 valence electrons. The maximum absolute atomic E-state index is 12.5. The molecule has 1 amide bonds. The molecule has 0 aromatic heterocycles. The van der Waals surface area contributed by atoms with Crippen LogP contribution in [0.5, 0.6) is 0 Å². The Balaban J connectivity index is 3.02. The first kappa shape index (κ1) is 16.9. The number of ether oxygens (including phenoxy) is 1. The lowest BCUT2D eigenvalue weighted by Crippen LogP contribution is -2.62. The molecule has 1 rings (SSSR count). The minimum Gasteiger partial charge on any atom is -0.464 e. The zero-order chi connectivity index (χ0) is 15.6. The number of hydrogen-bond donors (Lipinski definition) is 1. The van der Waals surface area contributed by atoms with Crippen LogP contribution in [0.15, 0.2) is 0 Å². The lowest BCUT2D eigenvalue weighted by Gasteiger charge is -2.38.